The molecule has 5 aromatic rings. The zero-order valence-electron chi connectivity index (χ0n) is 20.0. The Labute approximate surface area is 211 Å². The molecule has 9 nitrogen and oxygen atoms in total. The Kier molecular flexibility index (Phi) is 6.50. The van der Waals surface area contributed by atoms with Crippen molar-refractivity contribution >= 4 is 23.1 Å². The van der Waals surface area contributed by atoms with Crippen LogP contribution < -0.4 is 20.5 Å². The van der Waals surface area contributed by atoms with Crippen molar-refractivity contribution in [1.29, 1.82) is 0 Å². The van der Waals surface area contributed by atoms with Crippen molar-refractivity contribution in [3.05, 3.63) is 107 Å². The van der Waals surface area contributed by atoms with Gasteiger partial charge in [-0.15, -0.1) is 0 Å². The van der Waals surface area contributed by atoms with Gasteiger partial charge in [-0.3, -0.25) is 4.79 Å². The SMILES string of the molecule is COc1ccc(C(=O)NN=Cc2cn(-c3ccccc3)nc2-c2cc3ccccc3oc2=O)cc1OC. The number of amides is 1. The average molecular weight is 495 g/mol. The molecule has 0 aliphatic rings. The summed E-state index contributed by atoms with van der Waals surface area (Å²) in [5.41, 5.74) is 4.75. The quantitative estimate of drug-likeness (QED) is 0.204. The fraction of sp³-hybridized carbons (Fsp3) is 0.0714. The second-order valence-corrected chi connectivity index (χ2v) is 7.97. The summed E-state index contributed by atoms with van der Waals surface area (Å²) in [5.74, 6) is 0.489. The van der Waals surface area contributed by atoms with Crippen molar-refractivity contribution in [1.82, 2.24) is 15.2 Å². The van der Waals surface area contributed by atoms with Crippen molar-refractivity contribution in [2.24, 2.45) is 5.10 Å². The molecule has 0 saturated heterocycles. The number of nitrogens with zero attached hydrogens (tertiary/aromatic N) is 3. The maximum Gasteiger partial charge on any atom is 0.345 e. The van der Waals surface area contributed by atoms with E-state index in [1.807, 2.05) is 42.5 Å². The highest BCUT2D eigenvalue weighted by Crippen LogP contribution is 2.27. The molecule has 0 spiro atoms. The van der Waals surface area contributed by atoms with Crippen LogP contribution in [0.4, 0.5) is 0 Å². The standard InChI is InChI=1S/C28H22N4O5/c1-35-24-13-12-19(15-25(24)36-2)27(33)30-29-16-20-17-32(21-9-4-3-5-10-21)31-26(20)22-14-18-8-6-7-11-23(18)37-28(22)34/h3-17H,1-2H3,(H,30,33). The van der Waals surface area contributed by atoms with Crippen LogP contribution >= 0.6 is 0 Å². The Bertz CT molecular complexity index is 1670. The van der Waals surface area contributed by atoms with Gasteiger partial charge in [-0.05, 0) is 42.5 Å². The fourth-order valence-electron chi connectivity index (χ4n) is 3.83. The largest absolute Gasteiger partial charge is 0.493 e. The third-order valence-corrected chi connectivity index (χ3v) is 5.68. The van der Waals surface area contributed by atoms with Crippen LogP contribution in [-0.4, -0.2) is 36.1 Å². The van der Waals surface area contributed by atoms with Gasteiger partial charge in [0.05, 0.1) is 31.7 Å². The lowest BCUT2D eigenvalue weighted by molar-refractivity contribution is 0.0954. The molecule has 184 valence electrons. The lowest BCUT2D eigenvalue weighted by Crippen LogP contribution is -2.17. The number of carbonyl (C=O) groups is 1. The summed E-state index contributed by atoms with van der Waals surface area (Å²) in [6, 6.07) is 23.2. The molecule has 1 N–H and O–H groups in total. The van der Waals surface area contributed by atoms with Crippen LogP contribution in [0.5, 0.6) is 11.5 Å². The Hall–Kier alpha value is -5.18. The maximum atomic E-state index is 12.9. The number of nitrogens with one attached hydrogen (secondary N) is 1. The second-order valence-electron chi connectivity index (χ2n) is 7.97. The van der Waals surface area contributed by atoms with Gasteiger partial charge in [-0.25, -0.2) is 14.9 Å². The van der Waals surface area contributed by atoms with Crippen LogP contribution in [0.3, 0.4) is 0 Å². The number of hydrogen-bond donors (Lipinski definition) is 1. The molecule has 0 aliphatic heterocycles. The van der Waals surface area contributed by atoms with Gasteiger partial charge >= 0.3 is 5.63 Å². The maximum absolute atomic E-state index is 12.9. The molecule has 3 aromatic carbocycles. The molecule has 0 unspecified atom stereocenters. The average Bonchev–Trinajstić information content (AvgIpc) is 3.36. The summed E-state index contributed by atoms with van der Waals surface area (Å²) in [6.07, 6.45) is 3.17. The van der Waals surface area contributed by atoms with Crippen LogP contribution in [0.1, 0.15) is 15.9 Å². The van der Waals surface area contributed by atoms with E-state index >= 15 is 0 Å². The molecule has 0 fully saturated rings. The number of hydrazone groups is 1. The number of methoxy groups -OCH3 is 2. The molecule has 0 atom stereocenters. The van der Waals surface area contributed by atoms with Crippen molar-refractivity contribution in [3.63, 3.8) is 0 Å². The topological polar surface area (TPSA) is 108 Å². The van der Waals surface area contributed by atoms with Crippen LogP contribution in [0.25, 0.3) is 27.9 Å². The van der Waals surface area contributed by atoms with Crippen molar-refractivity contribution < 1.29 is 18.7 Å². The third-order valence-electron chi connectivity index (χ3n) is 5.68. The smallest absolute Gasteiger partial charge is 0.345 e. The molecule has 5 rings (SSSR count). The predicted octanol–water partition coefficient (Wildman–Crippen LogP) is 4.43. The highest BCUT2D eigenvalue weighted by atomic mass is 16.5. The molecule has 1 amide bonds. The first-order valence-electron chi connectivity index (χ1n) is 11.3. The Morgan fingerprint density at radius 3 is 2.51 bits per heavy atom. The molecule has 0 radical (unpaired) electrons. The molecule has 2 heterocycles. The summed E-state index contributed by atoms with van der Waals surface area (Å²) in [5, 5.41) is 9.52. The number of hydrogen-bond acceptors (Lipinski definition) is 7. The first kappa shape index (κ1) is 23.6. The number of fused-ring (bicyclic) bond motifs is 1. The highest BCUT2D eigenvalue weighted by Gasteiger charge is 2.17. The normalized spacial score (nSPS) is 11.1. The molecule has 0 saturated carbocycles. The minimum absolute atomic E-state index is 0.279. The van der Waals surface area contributed by atoms with Gasteiger partial charge in [0.2, 0.25) is 0 Å². The van der Waals surface area contributed by atoms with E-state index in [2.05, 4.69) is 15.6 Å². The van der Waals surface area contributed by atoms with Crippen LogP contribution in [-0.2, 0) is 0 Å². The minimum Gasteiger partial charge on any atom is -0.493 e. The number of carbonyl (C=O) groups excluding carboxylic acids is 1. The lowest BCUT2D eigenvalue weighted by Gasteiger charge is -2.08. The number of aromatic nitrogens is 2. The Morgan fingerprint density at radius 1 is 0.973 bits per heavy atom. The monoisotopic (exact) mass is 494 g/mol. The highest BCUT2D eigenvalue weighted by molar-refractivity contribution is 5.96. The third kappa shape index (κ3) is 4.83. The number of para-hydroxylation sites is 2. The zero-order chi connectivity index (χ0) is 25.8. The summed E-state index contributed by atoms with van der Waals surface area (Å²) in [7, 11) is 3.01. The second kappa shape index (κ2) is 10.2. The van der Waals surface area contributed by atoms with Crippen molar-refractivity contribution in [3.8, 4) is 28.4 Å². The van der Waals surface area contributed by atoms with Gasteiger partial charge in [-0.1, -0.05) is 36.4 Å². The molecule has 37 heavy (non-hydrogen) atoms. The van der Waals surface area contributed by atoms with E-state index in [1.165, 1.54) is 20.4 Å². The van der Waals surface area contributed by atoms with Gasteiger partial charge < -0.3 is 13.9 Å². The van der Waals surface area contributed by atoms with Crippen LogP contribution in [0, 0.1) is 0 Å². The fourth-order valence-corrected chi connectivity index (χ4v) is 3.83. The van der Waals surface area contributed by atoms with E-state index in [9.17, 15) is 9.59 Å². The molecule has 9 heteroatoms. The molecule has 0 aliphatic carbocycles. The first-order valence-corrected chi connectivity index (χ1v) is 11.3. The van der Waals surface area contributed by atoms with Crippen LogP contribution in [0.15, 0.2) is 99.4 Å². The number of ether oxygens (including phenoxy) is 2. The summed E-state index contributed by atoms with van der Waals surface area (Å²) >= 11 is 0. The van der Waals surface area contributed by atoms with E-state index < -0.39 is 11.5 Å². The number of rotatable bonds is 7. The predicted molar refractivity (Wildman–Crippen MR) is 140 cm³/mol. The van der Waals surface area contributed by atoms with E-state index in [1.54, 1.807) is 47.3 Å². The summed E-state index contributed by atoms with van der Waals surface area (Å²) in [4.78, 5) is 25.5. The molecular formula is C28H22N4O5. The molecule has 0 bridgehead atoms. The van der Waals surface area contributed by atoms with Gasteiger partial charge in [0, 0.05) is 22.7 Å². The first-order chi connectivity index (χ1) is 18.1. The van der Waals surface area contributed by atoms with E-state index in [0.717, 1.165) is 11.1 Å². The summed E-state index contributed by atoms with van der Waals surface area (Å²) in [6.45, 7) is 0. The van der Waals surface area contributed by atoms with E-state index in [0.29, 0.717) is 33.9 Å². The molecular weight excluding hydrogens is 472 g/mol. The minimum atomic E-state index is -0.527. The number of benzene rings is 3. The van der Waals surface area contributed by atoms with Gasteiger partial charge in [0.1, 0.15) is 11.3 Å². The zero-order valence-corrected chi connectivity index (χ0v) is 20.0. The van der Waals surface area contributed by atoms with Crippen molar-refractivity contribution in [2.75, 3.05) is 14.2 Å². The molecule has 2 aromatic heterocycles. The van der Waals surface area contributed by atoms with Crippen molar-refractivity contribution in [2.45, 2.75) is 0 Å². The lowest BCUT2D eigenvalue weighted by atomic mass is 10.1. The van der Waals surface area contributed by atoms with E-state index in [4.69, 9.17) is 13.9 Å². The van der Waals surface area contributed by atoms with Crippen LogP contribution in [0.2, 0.25) is 0 Å². The Morgan fingerprint density at radius 2 is 1.73 bits per heavy atom. The van der Waals surface area contributed by atoms with Gasteiger partial charge in [0.25, 0.3) is 5.91 Å². The van der Waals surface area contributed by atoms with Gasteiger partial charge in [-0.2, -0.15) is 10.2 Å². The summed E-state index contributed by atoms with van der Waals surface area (Å²) < 4.78 is 17.6. The Balaban J connectivity index is 1.50. The van der Waals surface area contributed by atoms with E-state index in [-0.39, 0.29) is 5.56 Å². The van der Waals surface area contributed by atoms with Gasteiger partial charge in [0.15, 0.2) is 11.5 Å².